The zero-order valence-corrected chi connectivity index (χ0v) is 20.2. The van der Waals surface area contributed by atoms with E-state index in [9.17, 15) is 9.18 Å². The maximum absolute atomic E-state index is 13.9. The Morgan fingerprint density at radius 3 is 2.63 bits per heavy atom. The molecule has 7 nitrogen and oxygen atoms in total. The largest absolute Gasteiger partial charge is 0.481 e. The minimum absolute atomic E-state index is 0.131. The van der Waals surface area contributed by atoms with Crippen LogP contribution in [0.5, 0.6) is 5.88 Å². The molecule has 1 aromatic carbocycles. The number of benzene rings is 1. The van der Waals surface area contributed by atoms with E-state index < -0.39 is 0 Å². The molecule has 186 valence electrons. The molecule has 1 aliphatic carbocycles. The number of carbonyl (C=O) groups is 1. The number of amides is 1. The smallest absolute Gasteiger partial charge is 0.253 e. The van der Waals surface area contributed by atoms with Crippen molar-refractivity contribution in [1.29, 1.82) is 0 Å². The van der Waals surface area contributed by atoms with E-state index in [1.807, 2.05) is 6.07 Å². The van der Waals surface area contributed by atoms with E-state index in [-0.39, 0.29) is 23.7 Å². The monoisotopic (exact) mass is 481 g/mol. The van der Waals surface area contributed by atoms with E-state index >= 15 is 0 Å². The molecule has 0 spiro atoms. The average molecular weight is 482 g/mol. The molecule has 1 saturated carbocycles. The van der Waals surface area contributed by atoms with Crippen molar-refractivity contribution in [3.05, 3.63) is 65.7 Å². The number of hydrogen-bond acceptors (Lipinski definition) is 6. The Balaban J connectivity index is 1.43. The molecule has 1 fully saturated rings. The molecular formula is C27H32FN3O4. The van der Waals surface area contributed by atoms with Gasteiger partial charge in [-0.25, -0.2) is 9.37 Å². The first kappa shape index (κ1) is 25.0. The summed E-state index contributed by atoms with van der Waals surface area (Å²) in [5.41, 5.74) is 2.44. The highest BCUT2D eigenvalue weighted by Gasteiger charge is 2.30. The van der Waals surface area contributed by atoms with Crippen molar-refractivity contribution in [2.75, 3.05) is 34.0 Å². The predicted molar refractivity (Wildman–Crippen MR) is 131 cm³/mol. The Bertz CT molecular complexity index is 1120. The van der Waals surface area contributed by atoms with Gasteiger partial charge in [0, 0.05) is 31.0 Å². The van der Waals surface area contributed by atoms with Gasteiger partial charge in [-0.05, 0) is 73.4 Å². The lowest BCUT2D eigenvalue weighted by molar-refractivity contribution is 0.0422. The van der Waals surface area contributed by atoms with Gasteiger partial charge in [0.15, 0.2) is 0 Å². The van der Waals surface area contributed by atoms with Crippen molar-refractivity contribution in [3.63, 3.8) is 0 Å². The van der Waals surface area contributed by atoms with Crippen LogP contribution < -0.4 is 10.1 Å². The second-order valence-corrected chi connectivity index (χ2v) is 8.91. The van der Waals surface area contributed by atoms with Gasteiger partial charge in [-0.3, -0.25) is 9.78 Å². The van der Waals surface area contributed by atoms with Crippen molar-refractivity contribution in [2.45, 2.75) is 37.6 Å². The summed E-state index contributed by atoms with van der Waals surface area (Å²) < 4.78 is 29.9. The fourth-order valence-electron chi connectivity index (χ4n) is 4.86. The molecule has 35 heavy (non-hydrogen) atoms. The quantitative estimate of drug-likeness (QED) is 0.429. The van der Waals surface area contributed by atoms with E-state index in [0.29, 0.717) is 37.2 Å². The molecule has 1 atom stereocenters. The SMILES string of the molecule is COCCOC[C@@H](NC(=O)c1ccc(OC)nc1)C1CCC(c2ccnc3ccc(F)cc23)CC1. The molecule has 8 heteroatoms. The van der Waals surface area contributed by atoms with Gasteiger partial charge >= 0.3 is 0 Å². The molecule has 0 unspecified atom stereocenters. The van der Waals surface area contributed by atoms with Gasteiger partial charge in [0.1, 0.15) is 5.82 Å². The summed E-state index contributed by atoms with van der Waals surface area (Å²) in [6, 6.07) is 10.0. The summed E-state index contributed by atoms with van der Waals surface area (Å²) in [4.78, 5) is 21.5. The maximum Gasteiger partial charge on any atom is 0.253 e. The lowest BCUT2D eigenvalue weighted by Crippen LogP contribution is -2.44. The first-order valence-electron chi connectivity index (χ1n) is 12.0. The van der Waals surface area contributed by atoms with Crippen molar-refractivity contribution < 1.29 is 23.4 Å². The summed E-state index contributed by atoms with van der Waals surface area (Å²) >= 11 is 0. The fourth-order valence-corrected chi connectivity index (χ4v) is 4.86. The first-order valence-corrected chi connectivity index (χ1v) is 12.0. The third-order valence-corrected chi connectivity index (χ3v) is 6.77. The Morgan fingerprint density at radius 2 is 1.91 bits per heavy atom. The summed E-state index contributed by atoms with van der Waals surface area (Å²) in [6.45, 7) is 1.38. The number of rotatable bonds is 10. The van der Waals surface area contributed by atoms with Crippen LogP contribution in [0.1, 0.15) is 47.5 Å². The van der Waals surface area contributed by atoms with Crippen LogP contribution in [0.2, 0.25) is 0 Å². The van der Waals surface area contributed by atoms with Crippen molar-refractivity contribution in [1.82, 2.24) is 15.3 Å². The summed E-state index contributed by atoms with van der Waals surface area (Å²) in [6.07, 6.45) is 7.09. The third kappa shape index (κ3) is 6.32. The van der Waals surface area contributed by atoms with Gasteiger partial charge in [0.05, 0.1) is 44.1 Å². The highest BCUT2D eigenvalue weighted by Crippen LogP contribution is 2.39. The second kappa shape index (κ2) is 12.0. The highest BCUT2D eigenvalue weighted by atomic mass is 19.1. The van der Waals surface area contributed by atoms with Crippen LogP contribution in [0.3, 0.4) is 0 Å². The molecule has 1 N–H and O–H groups in total. The first-order chi connectivity index (χ1) is 17.1. The third-order valence-electron chi connectivity index (χ3n) is 6.77. The summed E-state index contributed by atoms with van der Waals surface area (Å²) in [7, 11) is 3.17. The van der Waals surface area contributed by atoms with E-state index in [4.69, 9.17) is 14.2 Å². The molecule has 3 aromatic rings. The summed E-state index contributed by atoms with van der Waals surface area (Å²) in [5.74, 6) is 0.634. The number of methoxy groups -OCH3 is 2. The lowest BCUT2D eigenvalue weighted by Gasteiger charge is -2.34. The van der Waals surface area contributed by atoms with Gasteiger partial charge in [0.2, 0.25) is 5.88 Å². The van der Waals surface area contributed by atoms with Gasteiger partial charge in [-0.1, -0.05) is 0 Å². The van der Waals surface area contributed by atoms with Crippen LogP contribution in [-0.4, -0.2) is 56.0 Å². The van der Waals surface area contributed by atoms with Crippen LogP contribution in [-0.2, 0) is 9.47 Å². The van der Waals surface area contributed by atoms with Crippen molar-refractivity contribution in [2.24, 2.45) is 5.92 Å². The Hall–Kier alpha value is -3.10. The zero-order valence-electron chi connectivity index (χ0n) is 20.2. The van der Waals surface area contributed by atoms with Crippen molar-refractivity contribution >= 4 is 16.8 Å². The normalized spacial score (nSPS) is 18.8. The lowest BCUT2D eigenvalue weighted by atomic mass is 9.75. The topological polar surface area (TPSA) is 82.6 Å². The van der Waals surface area contributed by atoms with Crippen molar-refractivity contribution in [3.8, 4) is 5.88 Å². The number of pyridine rings is 2. The number of carbonyl (C=O) groups excluding carboxylic acids is 1. The predicted octanol–water partition coefficient (Wildman–Crippen LogP) is 4.51. The van der Waals surface area contributed by atoms with Crippen LogP contribution in [0.15, 0.2) is 48.8 Å². The molecule has 1 amide bonds. The molecule has 0 radical (unpaired) electrons. The number of hydrogen-bond donors (Lipinski definition) is 1. The molecule has 2 heterocycles. The number of fused-ring (bicyclic) bond motifs is 1. The molecule has 0 saturated heterocycles. The maximum atomic E-state index is 13.9. The number of nitrogens with one attached hydrogen (secondary N) is 1. The number of aromatic nitrogens is 2. The standard InChI is InChI=1S/C27H32FN3O4/c1-33-13-14-35-17-25(31-27(32)20-7-10-26(34-2)30-16-20)19-5-3-18(4-6-19)22-11-12-29-24-9-8-21(28)15-23(22)24/h7-12,15-16,18-19,25H,3-6,13-14,17H2,1-2H3,(H,31,32)/t18?,19?,25-/m1/s1. The van der Waals surface area contributed by atoms with E-state index in [2.05, 4.69) is 15.3 Å². The van der Waals surface area contributed by atoms with Gasteiger partial charge < -0.3 is 19.5 Å². The number of nitrogens with zero attached hydrogens (tertiary/aromatic N) is 2. The van der Waals surface area contributed by atoms with Crippen LogP contribution >= 0.6 is 0 Å². The Morgan fingerprint density at radius 1 is 1.09 bits per heavy atom. The number of ether oxygens (including phenoxy) is 3. The molecule has 0 bridgehead atoms. The van der Waals surface area contributed by atoms with Crippen LogP contribution in [0, 0.1) is 11.7 Å². The van der Waals surface area contributed by atoms with Crippen LogP contribution in [0.25, 0.3) is 10.9 Å². The Kier molecular flexibility index (Phi) is 8.60. The van der Waals surface area contributed by atoms with E-state index in [1.54, 1.807) is 37.6 Å². The zero-order chi connectivity index (χ0) is 24.6. The molecule has 1 aliphatic rings. The van der Waals surface area contributed by atoms with Gasteiger partial charge in [-0.2, -0.15) is 0 Å². The Labute approximate surface area is 205 Å². The molecule has 0 aliphatic heterocycles. The number of halogens is 1. The van der Waals surface area contributed by atoms with Gasteiger partial charge in [-0.15, -0.1) is 0 Å². The fraction of sp³-hybridized carbons (Fsp3) is 0.444. The molecule has 4 rings (SSSR count). The molecular weight excluding hydrogens is 449 g/mol. The minimum atomic E-state index is -0.246. The van der Waals surface area contributed by atoms with Gasteiger partial charge in [0.25, 0.3) is 5.91 Å². The average Bonchev–Trinajstić information content (AvgIpc) is 2.90. The van der Waals surface area contributed by atoms with E-state index in [0.717, 1.165) is 42.1 Å². The highest BCUT2D eigenvalue weighted by molar-refractivity contribution is 5.94. The van der Waals surface area contributed by atoms with E-state index in [1.165, 1.54) is 19.4 Å². The van der Waals surface area contributed by atoms with Crippen LogP contribution in [0.4, 0.5) is 4.39 Å². The molecule has 2 aromatic heterocycles. The summed E-state index contributed by atoms with van der Waals surface area (Å²) in [5, 5.41) is 4.05. The second-order valence-electron chi connectivity index (χ2n) is 8.91. The minimum Gasteiger partial charge on any atom is -0.481 e.